The Morgan fingerprint density at radius 2 is 1.63 bits per heavy atom. The van der Waals surface area contributed by atoms with Crippen LogP contribution >= 0.6 is 35.0 Å². The number of aromatic nitrogens is 3. The molecule has 0 aliphatic carbocycles. The van der Waals surface area contributed by atoms with Crippen molar-refractivity contribution in [2.75, 3.05) is 27.1 Å². The summed E-state index contributed by atoms with van der Waals surface area (Å²) in [7, 11) is 4.63. The number of nitrogens with zero attached hydrogens (tertiary/aromatic N) is 4. The number of amides is 1. The van der Waals surface area contributed by atoms with Gasteiger partial charge in [-0.25, -0.2) is 5.43 Å². The van der Waals surface area contributed by atoms with E-state index in [1.54, 1.807) is 51.7 Å². The van der Waals surface area contributed by atoms with E-state index in [2.05, 4.69) is 20.7 Å². The molecule has 9 nitrogen and oxygen atoms in total. The molecule has 3 aromatic carbocycles. The van der Waals surface area contributed by atoms with Gasteiger partial charge in [-0.05, 0) is 36.4 Å². The van der Waals surface area contributed by atoms with Crippen molar-refractivity contribution in [2.24, 2.45) is 5.10 Å². The third kappa shape index (κ3) is 6.04. The van der Waals surface area contributed by atoms with Crippen molar-refractivity contribution in [1.29, 1.82) is 0 Å². The van der Waals surface area contributed by atoms with Gasteiger partial charge < -0.3 is 14.2 Å². The van der Waals surface area contributed by atoms with E-state index >= 15 is 0 Å². The van der Waals surface area contributed by atoms with Crippen molar-refractivity contribution < 1.29 is 19.0 Å². The first-order valence-corrected chi connectivity index (χ1v) is 12.9. The van der Waals surface area contributed by atoms with Crippen LogP contribution in [0.2, 0.25) is 10.0 Å². The number of rotatable bonds is 10. The third-order valence-electron chi connectivity index (χ3n) is 5.29. The number of hydrazone groups is 1. The van der Waals surface area contributed by atoms with Gasteiger partial charge in [0, 0.05) is 16.8 Å². The fourth-order valence-corrected chi connectivity index (χ4v) is 4.77. The number of hydrogen-bond donors (Lipinski definition) is 1. The molecule has 1 aromatic heterocycles. The summed E-state index contributed by atoms with van der Waals surface area (Å²) in [4.78, 5) is 12.5. The summed E-state index contributed by atoms with van der Waals surface area (Å²) in [6, 6.07) is 18.3. The summed E-state index contributed by atoms with van der Waals surface area (Å²) < 4.78 is 18.3. The van der Waals surface area contributed by atoms with Crippen molar-refractivity contribution in [2.45, 2.75) is 5.16 Å². The molecule has 0 aliphatic rings. The Morgan fingerprint density at radius 1 is 0.974 bits per heavy atom. The van der Waals surface area contributed by atoms with Crippen LogP contribution in [0.15, 0.2) is 70.9 Å². The van der Waals surface area contributed by atoms with Crippen molar-refractivity contribution in [3.63, 3.8) is 0 Å². The summed E-state index contributed by atoms with van der Waals surface area (Å²) in [5, 5.41) is 14.1. The third-order valence-corrected chi connectivity index (χ3v) is 6.87. The zero-order valence-electron chi connectivity index (χ0n) is 20.6. The first-order chi connectivity index (χ1) is 18.5. The first kappa shape index (κ1) is 27.3. The Kier molecular flexibility index (Phi) is 9.11. The number of hydrogen-bond acceptors (Lipinski definition) is 8. The Bertz CT molecular complexity index is 1420. The zero-order valence-corrected chi connectivity index (χ0v) is 23.0. The maximum Gasteiger partial charge on any atom is 0.250 e. The minimum Gasteiger partial charge on any atom is -0.493 e. The molecule has 0 bridgehead atoms. The number of methoxy groups -OCH3 is 3. The maximum atomic E-state index is 12.5. The van der Waals surface area contributed by atoms with Crippen LogP contribution in [-0.2, 0) is 4.79 Å². The quantitative estimate of drug-likeness (QED) is 0.152. The molecular weight excluding hydrogens is 549 g/mol. The molecule has 4 rings (SSSR count). The smallest absolute Gasteiger partial charge is 0.250 e. The number of halogens is 2. The van der Waals surface area contributed by atoms with Gasteiger partial charge in [0.15, 0.2) is 22.5 Å². The average Bonchev–Trinajstić information content (AvgIpc) is 3.37. The number of thioether (sulfide) groups is 1. The van der Waals surface area contributed by atoms with Crippen LogP contribution in [0.3, 0.4) is 0 Å². The standard InChI is InChI=1S/C26H23Cl2N5O4S/c1-35-21-12-16(13-22(36-2)24(21)37-3)25-31-32-26(33(25)17-8-5-4-6-9-17)38-15-23(34)30-29-14-18-19(27)10-7-11-20(18)28/h4-14H,15H2,1-3H3,(H,30,34)/b29-14+. The van der Waals surface area contributed by atoms with E-state index in [-0.39, 0.29) is 11.7 Å². The normalized spacial score (nSPS) is 11.0. The van der Waals surface area contributed by atoms with E-state index in [1.807, 2.05) is 34.9 Å². The zero-order chi connectivity index (χ0) is 27.1. The van der Waals surface area contributed by atoms with Crippen molar-refractivity contribution in [1.82, 2.24) is 20.2 Å². The van der Waals surface area contributed by atoms with E-state index in [0.29, 0.717) is 49.4 Å². The minimum absolute atomic E-state index is 0.0355. The Morgan fingerprint density at radius 3 is 2.24 bits per heavy atom. The molecule has 0 spiro atoms. The highest BCUT2D eigenvalue weighted by Crippen LogP contribution is 2.41. The molecule has 0 fully saturated rings. The summed E-state index contributed by atoms with van der Waals surface area (Å²) >= 11 is 13.5. The molecule has 12 heteroatoms. The Balaban J connectivity index is 1.60. The van der Waals surface area contributed by atoms with Crippen molar-refractivity contribution in [3.05, 3.63) is 76.3 Å². The lowest BCUT2D eigenvalue weighted by molar-refractivity contribution is -0.118. The molecule has 1 heterocycles. The van der Waals surface area contributed by atoms with Crippen molar-refractivity contribution >= 4 is 47.1 Å². The van der Waals surface area contributed by atoms with E-state index in [1.165, 1.54) is 18.0 Å². The second kappa shape index (κ2) is 12.7. The van der Waals surface area contributed by atoms with Crippen LogP contribution in [0.1, 0.15) is 5.56 Å². The second-order valence-electron chi connectivity index (χ2n) is 7.61. The number of para-hydroxylation sites is 1. The molecule has 1 N–H and O–H groups in total. The van der Waals surface area contributed by atoms with Crippen LogP contribution in [-0.4, -0.2) is 54.0 Å². The van der Waals surface area contributed by atoms with E-state index in [4.69, 9.17) is 37.4 Å². The fourth-order valence-electron chi connectivity index (χ4n) is 3.54. The lowest BCUT2D eigenvalue weighted by atomic mass is 10.1. The molecule has 0 unspecified atom stereocenters. The van der Waals surface area contributed by atoms with Gasteiger partial charge in [0.25, 0.3) is 5.91 Å². The van der Waals surface area contributed by atoms with Gasteiger partial charge in [-0.2, -0.15) is 5.10 Å². The average molecular weight is 572 g/mol. The molecule has 0 radical (unpaired) electrons. The Hall–Kier alpha value is -3.73. The van der Waals surface area contributed by atoms with Crippen molar-refractivity contribution in [3.8, 4) is 34.3 Å². The van der Waals surface area contributed by atoms with Crippen LogP contribution in [0, 0.1) is 0 Å². The lowest BCUT2D eigenvalue weighted by Gasteiger charge is -2.15. The summed E-state index contributed by atoms with van der Waals surface area (Å²) in [6.07, 6.45) is 1.41. The van der Waals surface area contributed by atoms with Crippen LogP contribution in [0.4, 0.5) is 0 Å². The first-order valence-electron chi connectivity index (χ1n) is 11.2. The molecule has 0 atom stereocenters. The van der Waals surface area contributed by atoms with Gasteiger partial charge in [0.1, 0.15) is 0 Å². The molecule has 4 aromatic rings. The van der Waals surface area contributed by atoms with E-state index in [0.717, 1.165) is 5.69 Å². The van der Waals surface area contributed by atoms with Gasteiger partial charge >= 0.3 is 0 Å². The predicted octanol–water partition coefficient (Wildman–Crippen LogP) is 5.51. The minimum atomic E-state index is -0.341. The van der Waals surface area contributed by atoms with Crippen LogP contribution < -0.4 is 19.6 Å². The fraction of sp³-hybridized carbons (Fsp3) is 0.154. The summed E-state index contributed by atoms with van der Waals surface area (Å²) in [5.41, 5.74) is 4.50. The maximum absolute atomic E-state index is 12.5. The lowest BCUT2D eigenvalue weighted by Crippen LogP contribution is -2.20. The van der Waals surface area contributed by atoms with E-state index in [9.17, 15) is 4.79 Å². The van der Waals surface area contributed by atoms with Crippen LogP contribution in [0.25, 0.3) is 17.1 Å². The molecule has 1 amide bonds. The molecule has 38 heavy (non-hydrogen) atoms. The van der Waals surface area contributed by atoms with Gasteiger partial charge in [-0.15, -0.1) is 10.2 Å². The van der Waals surface area contributed by atoms with Gasteiger partial charge in [-0.3, -0.25) is 9.36 Å². The van der Waals surface area contributed by atoms with E-state index < -0.39 is 0 Å². The Labute approximate surface area is 233 Å². The summed E-state index contributed by atoms with van der Waals surface area (Å²) in [5.74, 6) is 1.66. The highest BCUT2D eigenvalue weighted by molar-refractivity contribution is 7.99. The second-order valence-corrected chi connectivity index (χ2v) is 9.37. The predicted molar refractivity (Wildman–Crippen MR) is 149 cm³/mol. The molecule has 0 saturated heterocycles. The van der Waals surface area contributed by atoms with Gasteiger partial charge in [-0.1, -0.05) is 59.2 Å². The number of benzene rings is 3. The number of ether oxygens (including phenoxy) is 3. The highest BCUT2D eigenvalue weighted by Gasteiger charge is 2.21. The largest absolute Gasteiger partial charge is 0.493 e. The number of nitrogens with one attached hydrogen (secondary N) is 1. The molecular formula is C26H23Cl2N5O4S. The molecule has 196 valence electrons. The van der Waals surface area contributed by atoms with Crippen LogP contribution in [0.5, 0.6) is 17.2 Å². The summed E-state index contributed by atoms with van der Waals surface area (Å²) in [6.45, 7) is 0. The molecule has 0 aliphatic heterocycles. The SMILES string of the molecule is COc1cc(-c2nnc(SCC(=O)N/N=C/c3c(Cl)cccc3Cl)n2-c2ccccc2)cc(OC)c1OC. The van der Waals surface area contributed by atoms with Gasteiger partial charge in [0.2, 0.25) is 5.75 Å². The number of carbonyl (C=O) groups excluding carboxylic acids is 1. The topological polar surface area (TPSA) is 99.9 Å². The monoisotopic (exact) mass is 571 g/mol. The molecule has 0 saturated carbocycles. The number of carbonyl (C=O) groups is 1. The highest BCUT2D eigenvalue weighted by atomic mass is 35.5. The van der Waals surface area contributed by atoms with Gasteiger partial charge in [0.05, 0.1) is 43.3 Å².